The van der Waals surface area contributed by atoms with Crippen molar-refractivity contribution in [3.8, 4) is 11.1 Å². The van der Waals surface area contributed by atoms with E-state index in [0.29, 0.717) is 12.1 Å². The van der Waals surface area contributed by atoms with Crippen LogP contribution >= 0.6 is 0 Å². The van der Waals surface area contributed by atoms with Crippen molar-refractivity contribution in [2.75, 3.05) is 0 Å². The zero-order valence-electron chi connectivity index (χ0n) is 10.2. The second-order valence-electron chi connectivity index (χ2n) is 4.19. The van der Waals surface area contributed by atoms with Crippen LogP contribution < -0.4 is 0 Å². The molecule has 0 heterocycles. The van der Waals surface area contributed by atoms with Gasteiger partial charge in [0, 0.05) is 5.56 Å². The van der Waals surface area contributed by atoms with E-state index in [9.17, 15) is 26.7 Å². The highest BCUT2D eigenvalue weighted by Crippen LogP contribution is 2.34. The smallest absolute Gasteiger partial charge is 0.419 e. The third-order valence-electron chi connectivity index (χ3n) is 2.80. The molecule has 2 rings (SSSR count). The number of carboxylic acid groups (broad SMARTS) is 1. The van der Waals surface area contributed by atoms with Crippen molar-refractivity contribution in [2.24, 2.45) is 0 Å². The van der Waals surface area contributed by atoms with E-state index in [2.05, 4.69) is 0 Å². The van der Waals surface area contributed by atoms with Gasteiger partial charge in [-0.1, -0.05) is 6.07 Å². The highest BCUT2D eigenvalue weighted by Gasteiger charge is 2.34. The Bertz CT molecular complexity index is 707. The maximum absolute atomic E-state index is 13.6. The maximum atomic E-state index is 13.6. The van der Waals surface area contributed by atoms with Crippen LogP contribution in [0.5, 0.6) is 0 Å². The van der Waals surface area contributed by atoms with Crippen LogP contribution in [-0.4, -0.2) is 11.1 Å². The van der Waals surface area contributed by atoms with E-state index in [1.165, 1.54) is 0 Å². The molecule has 0 aliphatic carbocycles. The van der Waals surface area contributed by atoms with Crippen molar-refractivity contribution >= 4 is 5.97 Å². The van der Waals surface area contributed by atoms with Gasteiger partial charge in [0.15, 0.2) is 0 Å². The first-order valence-electron chi connectivity index (χ1n) is 5.60. The molecule has 0 saturated heterocycles. The Morgan fingerprint density at radius 1 is 0.952 bits per heavy atom. The van der Waals surface area contributed by atoms with Gasteiger partial charge in [-0.05, 0) is 35.9 Å². The highest BCUT2D eigenvalue weighted by molar-refractivity contribution is 5.89. The number of hydrogen-bond donors (Lipinski definition) is 1. The van der Waals surface area contributed by atoms with Crippen LogP contribution in [0.4, 0.5) is 22.0 Å². The van der Waals surface area contributed by atoms with Gasteiger partial charge in [0.05, 0.1) is 11.1 Å². The molecule has 0 amide bonds. The first-order chi connectivity index (χ1) is 9.70. The Balaban J connectivity index is 2.55. The fourth-order valence-electron chi connectivity index (χ4n) is 1.79. The summed E-state index contributed by atoms with van der Waals surface area (Å²) in [6.07, 6.45) is -4.86. The normalized spacial score (nSPS) is 11.5. The standard InChI is InChI=1S/C14H7F5O2/c15-11-4-2-8(13(20)21)5-9(11)7-1-3-10(12(16)6-7)14(17,18)19/h1-6H,(H,20,21). The van der Waals surface area contributed by atoms with Crippen molar-refractivity contribution < 1.29 is 31.9 Å². The highest BCUT2D eigenvalue weighted by atomic mass is 19.4. The quantitative estimate of drug-likeness (QED) is 0.837. The largest absolute Gasteiger partial charge is 0.478 e. The Kier molecular flexibility index (Phi) is 3.67. The molecule has 1 N–H and O–H groups in total. The predicted molar refractivity (Wildman–Crippen MR) is 63.8 cm³/mol. The van der Waals surface area contributed by atoms with Crippen LogP contribution in [0.15, 0.2) is 36.4 Å². The second kappa shape index (κ2) is 5.16. The van der Waals surface area contributed by atoms with Crippen molar-refractivity contribution in [2.45, 2.75) is 6.18 Å². The summed E-state index contributed by atoms with van der Waals surface area (Å²) in [5.74, 6) is -3.75. The summed E-state index contributed by atoms with van der Waals surface area (Å²) in [5, 5.41) is 8.81. The summed E-state index contributed by atoms with van der Waals surface area (Å²) in [6.45, 7) is 0. The monoisotopic (exact) mass is 302 g/mol. The Hall–Kier alpha value is -2.44. The third-order valence-corrected chi connectivity index (χ3v) is 2.80. The molecule has 2 aromatic rings. The summed E-state index contributed by atoms with van der Waals surface area (Å²) in [5.41, 5.74) is -2.20. The molecule has 7 heteroatoms. The first-order valence-corrected chi connectivity index (χ1v) is 5.60. The Morgan fingerprint density at radius 2 is 1.62 bits per heavy atom. The molecule has 0 radical (unpaired) electrons. The van der Waals surface area contributed by atoms with Gasteiger partial charge < -0.3 is 5.11 Å². The second-order valence-corrected chi connectivity index (χ2v) is 4.19. The fraction of sp³-hybridized carbons (Fsp3) is 0.0714. The third kappa shape index (κ3) is 3.01. The minimum absolute atomic E-state index is 0.180. The number of rotatable bonds is 2. The fourth-order valence-corrected chi connectivity index (χ4v) is 1.79. The zero-order valence-corrected chi connectivity index (χ0v) is 10.2. The van der Waals surface area contributed by atoms with Gasteiger partial charge in [-0.3, -0.25) is 0 Å². The van der Waals surface area contributed by atoms with E-state index in [1.807, 2.05) is 0 Å². The lowest BCUT2D eigenvalue weighted by Gasteiger charge is -2.10. The average molecular weight is 302 g/mol. The molecule has 2 nitrogen and oxygen atoms in total. The van der Waals surface area contributed by atoms with Crippen molar-refractivity contribution in [1.29, 1.82) is 0 Å². The number of alkyl halides is 3. The summed E-state index contributed by atoms with van der Waals surface area (Å²) in [7, 11) is 0. The number of hydrogen-bond acceptors (Lipinski definition) is 1. The van der Waals surface area contributed by atoms with Gasteiger partial charge in [0.2, 0.25) is 0 Å². The number of aromatic carboxylic acids is 1. The van der Waals surface area contributed by atoms with Crippen molar-refractivity contribution in [3.63, 3.8) is 0 Å². The van der Waals surface area contributed by atoms with Crippen LogP contribution in [0.2, 0.25) is 0 Å². The molecule has 0 aliphatic heterocycles. The molecule has 2 aromatic carbocycles. The molecule has 110 valence electrons. The van der Waals surface area contributed by atoms with Gasteiger partial charge in [-0.25, -0.2) is 13.6 Å². The molecular formula is C14H7F5O2. The molecule has 0 unspecified atom stereocenters. The maximum Gasteiger partial charge on any atom is 0.419 e. The van der Waals surface area contributed by atoms with E-state index in [4.69, 9.17) is 5.11 Å². The van der Waals surface area contributed by atoms with Gasteiger partial charge in [-0.2, -0.15) is 13.2 Å². The molecule has 0 spiro atoms. The molecule has 0 fully saturated rings. The van der Waals surface area contributed by atoms with E-state index in [-0.39, 0.29) is 16.7 Å². The summed E-state index contributed by atoms with van der Waals surface area (Å²) >= 11 is 0. The predicted octanol–water partition coefficient (Wildman–Crippen LogP) is 4.35. The lowest BCUT2D eigenvalue weighted by Crippen LogP contribution is -2.08. The zero-order chi connectivity index (χ0) is 15.8. The van der Waals surface area contributed by atoms with E-state index in [1.54, 1.807) is 0 Å². The van der Waals surface area contributed by atoms with Crippen LogP contribution in [0.25, 0.3) is 11.1 Å². The van der Waals surface area contributed by atoms with Crippen molar-refractivity contribution in [1.82, 2.24) is 0 Å². The molecule has 0 aromatic heterocycles. The Morgan fingerprint density at radius 3 is 2.14 bits per heavy atom. The van der Waals surface area contributed by atoms with Gasteiger partial charge in [0.25, 0.3) is 0 Å². The summed E-state index contributed by atoms with van der Waals surface area (Å²) in [4.78, 5) is 10.8. The number of carboxylic acids is 1. The van der Waals surface area contributed by atoms with Gasteiger partial charge in [0.1, 0.15) is 11.6 Å². The number of benzene rings is 2. The topological polar surface area (TPSA) is 37.3 Å². The molecule has 0 aliphatic rings. The molecular weight excluding hydrogens is 295 g/mol. The Labute approximate surface area is 115 Å². The summed E-state index contributed by atoms with van der Waals surface area (Å²) < 4.78 is 64.4. The van der Waals surface area contributed by atoms with Crippen LogP contribution in [0.1, 0.15) is 15.9 Å². The molecule has 0 atom stereocenters. The molecule has 0 bridgehead atoms. The van der Waals surface area contributed by atoms with Gasteiger partial charge in [-0.15, -0.1) is 0 Å². The minimum Gasteiger partial charge on any atom is -0.478 e. The summed E-state index contributed by atoms with van der Waals surface area (Å²) in [6, 6.07) is 4.68. The molecule has 0 saturated carbocycles. The lowest BCUT2D eigenvalue weighted by molar-refractivity contribution is -0.139. The number of carbonyl (C=O) groups is 1. The first kappa shape index (κ1) is 15.0. The minimum atomic E-state index is -4.86. The SMILES string of the molecule is O=C(O)c1ccc(F)c(-c2ccc(C(F)(F)F)c(F)c2)c1. The molecule has 21 heavy (non-hydrogen) atoms. The van der Waals surface area contributed by atoms with Crippen LogP contribution in [0, 0.1) is 11.6 Å². The van der Waals surface area contributed by atoms with E-state index >= 15 is 0 Å². The van der Waals surface area contributed by atoms with Crippen LogP contribution in [0.3, 0.4) is 0 Å². The van der Waals surface area contributed by atoms with E-state index in [0.717, 1.165) is 24.3 Å². The van der Waals surface area contributed by atoms with Crippen LogP contribution in [-0.2, 0) is 6.18 Å². The lowest BCUT2D eigenvalue weighted by atomic mass is 10.0. The van der Waals surface area contributed by atoms with Crippen molar-refractivity contribution in [3.05, 3.63) is 59.2 Å². The van der Waals surface area contributed by atoms with E-state index < -0.39 is 29.3 Å². The number of halogens is 5. The average Bonchev–Trinajstić information content (AvgIpc) is 2.37. The van der Waals surface area contributed by atoms with Gasteiger partial charge >= 0.3 is 12.1 Å².